The SMILES string of the molecule is Fc1cc(Br)ccc1NCc1ccc(Cl)s1. The molecule has 2 rings (SSSR count). The molecule has 84 valence electrons. The van der Waals surface area contributed by atoms with E-state index in [2.05, 4.69) is 21.2 Å². The molecule has 1 N–H and O–H groups in total. The Kier molecular flexibility index (Phi) is 3.84. The van der Waals surface area contributed by atoms with E-state index in [0.717, 1.165) is 13.7 Å². The lowest BCUT2D eigenvalue weighted by Crippen LogP contribution is -1.99. The van der Waals surface area contributed by atoms with Crippen LogP contribution in [-0.2, 0) is 6.54 Å². The number of benzene rings is 1. The Labute approximate surface area is 110 Å². The zero-order valence-corrected chi connectivity index (χ0v) is 11.3. The third-order valence-electron chi connectivity index (χ3n) is 2.01. The van der Waals surface area contributed by atoms with E-state index in [1.807, 2.05) is 12.1 Å². The van der Waals surface area contributed by atoms with Gasteiger partial charge in [0.25, 0.3) is 0 Å². The minimum Gasteiger partial charge on any atom is -0.378 e. The summed E-state index contributed by atoms with van der Waals surface area (Å²) in [5.74, 6) is -0.267. The van der Waals surface area contributed by atoms with Crippen molar-refractivity contribution in [1.29, 1.82) is 0 Å². The van der Waals surface area contributed by atoms with Gasteiger partial charge in [-0.1, -0.05) is 27.5 Å². The number of nitrogens with one attached hydrogen (secondary N) is 1. The van der Waals surface area contributed by atoms with E-state index in [4.69, 9.17) is 11.6 Å². The average Bonchev–Trinajstić information content (AvgIpc) is 2.63. The summed E-state index contributed by atoms with van der Waals surface area (Å²) < 4.78 is 14.9. The second kappa shape index (κ2) is 5.17. The van der Waals surface area contributed by atoms with Crippen molar-refractivity contribution in [1.82, 2.24) is 0 Å². The molecule has 2 aromatic rings. The van der Waals surface area contributed by atoms with Gasteiger partial charge in [-0.05, 0) is 30.3 Å². The van der Waals surface area contributed by atoms with E-state index in [-0.39, 0.29) is 5.82 Å². The molecule has 0 saturated heterocycles. The Morgan fingerprint density at radius 1 is 1.31 bits per heavy atom. The molecule has 5 heteroatoms. The van der Waals surface area contributed by atoms with Gasteiger partial charge in [0, 0.05) is 15.9 Å². The maximum Gasteiger partial charge on any atom is 0.147 e. The third kappa shape index (κ3) is 2.97. The van der Waals surface area contributed by atoms with Crippen molar-refractivity contribution in [2.24, 2.45) is 0 Å². The van der Waals surface area contributed by atoms with Crippen LogP contribution in [0.3, 0.4) is 0 Å². The van der Waals surface area contributed by atoms with E-state index in [1.54, 1.807) is 12.1 Å². The lowest BCUT2D eigenvalue weighted by Gasteiger charge is -2.06. The van der Waals surface area contributed by atoms with Crippen LogP contribution in [0.5, 0.6) is 0 Å². The highest BCUT2D eigenvalue weighted by Gasteiger charge is 2.03. The average molecular weight is 321 g/mol. The molecule has 0 saturated carbocycles. The summed E-state index contributed by atoms with van der Waals surface area (Å²) in [6, 6.07) is 8.70. The van der Waals surface area contributed by atoms with Gasteiger partial charge in [0.2, 0.25) is 0 Å². The fraction of sp³-hybridized carbons (Fsp3) is 0.0909. The van der Waals surface area contributed by atoms with Gasteiger partial charge in [-0.15, -0.1) is 11.3 Å². The zero-order valence-electron chi connectivity index (χ0n) is 8.14. The van der Waals surface area contributed by atoms with Gasteiger partial charge in [0.1, 0.15) is 5.82 Å². The Hall–Kier alpha value is -0.580. The first-order valence-electron chi connectivity index (χ1n) is 4.58. The van der Waals surface area contributed by atoms with Crippen LogP contribution in [0.2, 0.25) is 4.34 Å². The van der Waals surface area contributed by atoms with Gasteiger partial charge >= 0.3 is 0 Å². The molecule has 0 atom stereocenters. The standard InChI is InChI=1S/C11H8BrClFNS/c12-7-1-3-10(9(14)5-7)15-6-8-2-4-11(13)16-8/h1-5,15H,6H2. The summed E-state index contributed by atoms with van der Waals surface area (Å²) in [6.45, 7) is 0.579. The van der Waals surface area contributed by atoms with E-state index in [9.17, 15) is 4.39 Å². The summed E-state index contributed by atoms with van der Waals surface area (Å²) in [6.07, 6.45) is 0. The maximum atomic E-state index is 13.4. The minimum atomic E-state index is -0.267. The minimum absolute atomic E-state index is 0.267. The van der Waals surface area contributed by atoms with Gasteiger partial charge in [-0.3, -0.25) is 0 Å². The topological polar surface area (TPSA) is 12.0 Å². The van der Waals surface area contributed by atoms with Gasteiger partial charge < -0.3 is 5.32 Å². The Morgan fingerprint density at radius 3 is 2.75 bits per heavy atom. The van der Waals surface area contributed by atoms with E-state index in [1.165, 1.54) is 17.4 Å². The first-order chi connectivity index (χ1) is 7.65. The Balaban J connectivity index is 2.04. The van der Waals surface area contributed by atoms with Gasteiger partial charge in [-0.2, -0.15) is 0 Å². The normalized spacial score (nSPS) is 10.4. The van der Waals surface area contributed by atoms with Crippen LogP contribution in [0, 0.1) is 5.82 Å². The summed E-state index contributed by atoms with van der Waals surface area (Å²) in [4.78, 5) is 1.08. The molecule has 16 heavy (non-hydrogen) atoms. The second-order valence-corrected chi connectivity index (χ2v) is 5.90. The fourth-order valence-electron chi connectivity index (χ4n) is 1.26. The first kappa shape index (κ1) is 11.9. The van der Waals surface area contributed by atoms with Gasteiger partial charge in [-0.25, -0.2) is 4.39 Å². The quantitative estimate of drug-likeness (QED) is 0.847. The highest BCUT2D eigenvalue weighted by molar-refractivity contribution is 9.10. The predicted molar refractivity (Wildman–Crippen MR) is 70.8 cm³/mol. The van der Waals surface area contributed by atoms with Crippen molar-refractivity contribution in [3.8, 4) is 0 Å². The van der Waals surface area contributed by atoms with Crippen molar-refractivity contribution in [3.63, 3.8) is 0 Å². The van der Waals surface area contributed by atoms with Crippen LogP contribution in [-0.4, -0.2) is 0 Å². The number of thiophene rings is 1. The van der Waals surface area contributed by atoms with E-state index >= 15 is 0 Å². The summed E-state index contributed by atoms with van der Waals surface area (Å²) in [5.41, 5.74) is 0.493. The summed E-state index contributed by atoms with van der Waals surface area (Å²) in [5, 5.41) is 3.03. The molecule has 1 aromatic heterocycles. The van der Waals surface area contributed by atoms with Gasteiger partial charge in [0.05, 0.1) is 10.0 Å². The molecule has 0 aliphatic carbocycles. The molecule has 0 unspecified atom stereocenters. The fourth-order valence-corrected chi connectivity index (χ4v) is 2.62. The monoisotopic (exact) mass is 319 g/mol. The van der Waals surface area contributed by atoms with Crippen molar-refractivity contribution < 1.29 is 4.39 Å². The molecule has 0 fully saturated rings. The van der Waals surface area contributed by atoms with Crippen molar-refractivity contribution >= 4 is 44.6 Å². The molecule has 1 nitrogen and oxygen atoms in total. The predicted octanol–water partition coefficient (Wildman–Crippen LogP) is 4.92. The second-order valence-electron chi connectivity index (χ2n) is 3.18. The Morgan fingerprint density at radius 2 is 2.12 bits per heavy atom. The van der Waals surface area contributed by atoms with Crippen LogP contribution < -0.4 is 5.32 Å². The summed E-state index contributed by atoms with van der Waals surface area (Å²) >= 11 is 10.5. The van der Waals surface area contributed by atoms with Crippen molar-refractivity contribution in [2.75, 3.05) is 5.32 Å². The van der Waals surface area contributed by atoms with Crippen molar-refractivity contribution in [3.05, 3.63) is 49.8 Å². The lowest BCUT2D eigenvalue weighted by atomic mass is 10.3. The van der Waals surface area contributed by atoms with Crippen LogP contribution in [0.4, 0.5) is 10.1 Å². The Bertz CT molecular complexity index is 500. The highest BCUT2D eigenvalue weighted by atomic mass is 79.9. The molecule has 0 aliphatic heterocycles. The maximum absolute atomic E-state index is 13.4. The number of hydrogen-bond acceptors (Lipinski definition) is 2. The van der Waals surface area contributed by atoms with Crippen LogP contribution in [0.15, 0.2) is 34.8 Å². The number of halogens is 3. The van der Waals surface area contributed by atoms with E-state index < -0.39 is 0 Å². The molecule has 0 spiro atoms. The molecule has 0 bridgehead atoms. The number of hydrogen-bond donors (Lipinski definition) is 1. The molecular weight excluding hydrogens is 313 g/mol. The third-order valence-corrected chi connectivity index (χ3v) is 3.74. The van der Waals surface area contributed by atoms with Crippen LogP contribution in [0.25, 0.3) is 0 Å². The number of rotatable bonds is 3. The largest absolute Gasteiger partial charge is 0.378 e. The van der Waals surface area contributed by atoms with E-state index in [0.29, 0.717) is 12.2 Å². The van der Waals surface area contributed by atoms with Crippen LogP contribution in [0.1, 0.15) is 4.88 Å². The highest BCUT2D eigenvalue weighted by Crippen LogP contribution is 2.24. The molecule has 0 radical (unpaired) electrons. The van der Waals surface area contributed by atoms with Crippen molar-refractivity contribution in [2.45, 2.75) is 6.54 Å². The molecular formula is C11H8BrClFNS. The first-order valence-corrected chi connectivity index (χ1v) is 6.57. The molecule has 1 heterocycles. The van der Waals surface area contributed by atoms with Crippen LogP contribution >= 0.6 is 38.9 Å². The molecule has 0 amide bonds. The zero-order chi connectivity index (χ0) is 11.5. The lowest BCUT2D eigenvalue weighted by molar-refractivity contribution is 0.629. The number of anilines is 1. The summed E-state index contributed by atoms with van der Waals surface area (Å²) in [7, 11) is 0. The smallest absolute Gasteiger partial charge is 0.147 e. The molecule has 0 aliphatic rings. The molecule has 1 aromatic carbocycles. The van der Waals surface area contributed by atoms with Gasteiger partial charge in [0.15, 0.2) is 0 Å².